The first-order chi connectivity index (χ1) is 9.03. The largest absolute Gasteiger partial charge is 0.466 e. The Hall–Kier alpha value is -1.14. The molecule has 6 nitrogen and oxygen atoms in total. The van der Waals surface area contributed by atoms with Crippen LogP contribution in [0.25, 0.3) is 0 Å². The minimum absolute atomic E-state index is 0.0850. The van der Waals surface area contributed by atoms with Gasteiger partial charge >= 0.3 is 11.9 Å². The van der Waals surface area contributed by atoms with Gasteiger partial charge in [-0.2, -0.15) is 0 Å². The number of rotatable bonds is 4. The number of hydrogen-bond donors (Lipinski definition) is 0. The van der Waals surface area contributed by atoms with Gasteiger partial charge in [0.25, 0.3) is 0 Å². The van der Waals surface area contributed by atoms with Gasteiger partial charge in [0.2, 0.25) is 0 Å². The Morgan fingerprint density at radius 2 is 1.68 bits per heavy atom. The molecule has 0 aromatic carbocycles. The Bertz CT molecular complexity index is 347. The lowest BCUT2D eigenvalue weighted by atomic mass is 9.94. The van der Waals surface area contributed by atoms with Crippen molar-refractivity contribution >= 4 is 11.9 Å². The van der Waals surface area contributed by atoms with E-state index in [1.54, 1.807) is 0 Å². The maximum Gasteiger partial charge on any atom is 0.302 e. The Morgan fingerprint density at radius 1 is 1.11 bits per heavy atom. The van der Waals surface area contributed by atoms with Crippen LogP contribution in [0.15, 0.2) is 0 Å². The lowest BCUT2D eigenvalue weighted by Gasteiger charge is -2.31. The van der Waals surface area contributed by atoms with Gasteiger partial charge in [0.05, 0.1) is 32.3 Å². The van der Waals surface area contributed by atoms with Crippen molar-refractivity contribution in [2.45, 2.75) is 32.5 Å². The molecule has 0 amide bonds. The number of hydrogen-bond acceptors (Lipinski definition) is 6. The normalized spacial score (nSPS) is 28.5. The summed E-state index contributed by atoms with van der Waals surface area (Å²) in [6, 6.07) is 0. The van der Waals surface area contributed by atoms with E-state index in [2.05, 4.69) is 0 Å². The second-order valence-corrected chi connectivity index (χ2v) is 5.02. The van der Waals surface area contributed by atoms with Gasteiger partial charge in [-0.05, 0) is 6.42 Å². The first-order valence-electron chi connectivity index (χ1n) is 6.58. The fraction of sp³-hybridized carbons (Fsp3) is 0.846. The highest BCUT2D eigenvalue weighted by molar-refractivity contribution is 5.66. The first kappa shape index (κ1) is 14.3. The number of carbonyl (C=O) groups excluding carboxylic acids is 2. The smallest absolute Gasteiger partial charge is 0.302 e. The molecule has 2 atom stereocenters. The van der Waals surface area contributed by atoms with Crippen molar-refractivity contribution in [2.24, 2.45) is 11.8 Å². The standard InChI is InChI=1S/C13H20O6/c1-9(14)16-7-11-3-4-13(18-5-6-19-13)12(11)8-17-10(2)15/h11-12H,3-8H2,1-2H3/t11-,12-/m1/s1. The molecule has 0 aromatic heterocycles. The van der Waals surface area contributed by atoms with Crippen molar-refractivity contribution in [1.82, 2.24) is 0 Å². The van der Waals surface area contributed by atoms with E-state index in [0.29, 0.717) is 19.8 Å². The molecule has 0 bridgehead atoms. The van der Waals surface area contributed by atoms with Gasteiger partial charge in [-0.25, -0.2) is 0 Å². The highest BCUT2D eigenvalue weighted by Gasteiger charge is 2.53. The van der Waals surface area contributed by atoms with Gasteiger partial charge in [0.15, 0.2) is 5.79 Å². The average molecular weight is 272 g/mol. The Labute approximate surface area is 112 Å². The van der Waals surface area contributed by atoms with Gasteiger partial charge < -0.3 is 18.9 Å². The summed E-state index contributed by atoms with van der Waals surface area (Å²) in [5.41, 5.74) is 0. The van der Waals surface area contributed by atoms with Crippen molar-refractivity contribution in [1.29, 1.82) is 0 Å². The fourth-order valence-corrected chi connectivity index (χ4v) is 2.86. The summed E-state index contributed by atoms with van der Waals surface area (Å²) >= 11 is 0. The predicted molar refractivity (Wildman–Crippen MR) is 64.1 cm³/mol. The number of ether oxygens (including phenoxy) is 4. The molecule has 1 aliphatic carbocycles. The number of esters is 2. The van der Waals surface area contributed by atoms with Gasteiger partial charge in [-0.3, -0.25) is 9.59 Å². The maximum atomic E-state index is 11.0. The topological polar surface area (TPSA) is 71.1 Å². The zero-order valence-electron chi connectivity index (χ0n) is 11.3. The summed E-state index contributed by atoms with van der Waals surface area (Å²) in [7, 11) is 0. The Morgan fingerprint density at radius 3 is 2.26 bits per heavy atom. The first-order valence-corrected chi connectivity index (χ1v) is 6.58. The summed E-state index contributed by atoms with van der Waals surface area (Å²) in [5.74, 6) is -1.29. The third-order valence-electron chi connectivity index (χ3n) is 3.74. The van der Waals surface area contributed by atoms with E-state index >= 15 is 0 Å². The van der Waals surface area contributed by atoms with Crippen LogP contribution in [-0.2, 0) is 28.5 Å². The molecule has 0 unspecified atom stereocenters. The van der Waals surface area contributed by atoms with Gasteiger partial charge in [-0.1, -0.05) is 0 Å². The van der Waals surface area contributed by atoms with E-state index in [1.165, 1.54) is 13.8 Å². The average Bonchev–Trinajstić information content (AvgIpc) is 2.93. The molecule has 0 radical (unpaired) electrons. The molecule has 19 heavy (non-hydrogen) atoms. The molecule has 0 aromatic rings. The number of carbonyl (C=O) groups is 2. The molecule has 6 heteroatoms. The van der Waals surface area contributed by atoms with Gasteiger partial charge in [-0.15, -0.1) is 0 Å². The summed E-state index contributed by atoms with van der Waals surface area (Å²) in [5, 5.41) is 0. The molecule has 1 aliphatic heterocycles. The van der Waals surface area contributed by atoms with Crippen molar-refractivity contribution in [3.8, 4) is 0 Å². The summed E-state index contributed by atoms with van der Waals surface area (Å²) in [4.78, 5) is 21.9. The van der Waals surface area contributed by atoms with Crippen LogP contribution in [0.3, 0.4) is 0 Å². The van der Waals surface area contributed by atoms with Crippen molar-refractivity contribution < 1.29 is 28.5 Å². The second kappa shape index (κ2) is 5.88. The molecule has 108 valence electrons. The highest BCUT2D eigenvalue weighted by Crippen LogP contribution is 2.46. The summed E-state index contributed by atoms with van der Waals surface area (Å²) in [6.45, 7) is 4.41. The SMILES string of the molecule is CC(=O)OC[C@H]1CCC2(OCCO2)[C@@H]1COC(C)=O. The van der Waals surface area contributed by atoms with E-state index in [9.17, 15) is 9.59 Å². The van der Waals surface area contributed by atoms with Crippen LogP contribution in [0, 0.1) is 11.8 Å². The van der Waals surface area contributed by atoms with E-state index in [4.69, 9.17) is 18.9 Å². The van der Waals surface area contributed by atoms with Crippen LogP contribution < -0.4 is 0 Å². The van der Waals surface area contributed by atoms with Crippen LogP contribution >= 0.6 is 0 Å². The monoisotopic (exact) mass is 272 g/mol. The van der Waals surface area contributed by atoms with Crippen LogP contribution in [0.5, 0.6) is 0 Å². The maximum absolute atomic E-state index is 11.0. The molecular weight excluding hydrogens is 252 g/mol. The quantitative estimate of drug-likeness (QED) is 0.708. The Kier molecular flexibility index (Phi) is 4.42. The molecule has 2 aliphatic rings. The molecular formula is C13H20O6. The molecule has 2 fully saturated rings. The van der Waals surface area contributed by atoms with Crippen LogP contribution in [0.4, 0.5) is 0 Å². The molecule has 0 N–H and O–H groups in total. The Balaban J connectivity index is 2.01. The van der Waals surface area contributed by atoms with Crippen molar-refractivity contribution in [3.05, 3.63) is 0 Å². The lowest BCUT2D eigenvalue weighted by molar-refractivity contribution is -0.200. The zero-order chi connectivity index (χ0) is 13.9. The van der Waals surface area contributed by atoms with Crippen LogP contribution in [-0.4, -0.2) is 44.2 Å². The van der Waals surface area contributed by atoms with Crippen molar-refractivity contribution in [3.63, 3.8) is 0 Å². The van der Waals surface area contributed by atoms with E-state index in [1.807, 2.05) is 0 Å². The molecule has 2 rings (SSSR count). The van der Waals surface area contributed by atoms with Crippen LogP contribution in [0.2, 0.25) is 0 Å². The fourth-order valence-electron chi connectivity index (χ4n) is 2.86. The second-order valence-electron chi connectivity index (χ2n) is 5.02. The summed E-state index contributed by atoms with van der Waals surface area (Å²) in [6.07, 6.45) is 1.57. The minimum atomic E-state index is -0.666. The van der Waals surface area contributed by atoms with Gasteiger partial charge in [0, 0.05) is 26.2 Å². The third-order valence-corrected chi connectivity index (χ3v) is 3.74. The molecule has 1 saturated heterocycles. The van der Waals surface area contributed by atoms with Crippen molar-refractivity contribution in [2.75, 3.05) is 26.4 Å². The van der Waals surface area contributed by atoms with Crippen LogP contribution in [0.1, 0.15) is 26.7 Å². The molecule has 1 saturated carbocycles. The molecule has 1 spiro atoms. The van der Waals surface area contributed by atoms with E-state index in [-0.39, 0.29) is 30.4 Å². The highest BCUT2D eigenvalue weighted by atomic mass is 16.7. The zero-order valence-corrected chi connectivity index (χ0v) is 11.3. The lowest BCUT2D eigenvalue weighted by Crippen LogP contribution is -2.40. The van der Waals surface area contributed by atoms with Gasteiger partial charge in [0.1, 0.15) is 0 Å². The minimum Gasteiger partial charge on any atom is -0.466 e. The summed E-state index contributed by atoms with van der Waals surface area (Å²) < 4.78 is 21.6. The van der Waals surface area contributed by atoms with E-state index in [0.717, 1.165) is 12.8 Å². The van der Waals surface area contributed by atoms with E-state index < -0.39 is 5.79 Å². The molecule has 1 heterocycles. The predicted octanol–water partition coefficient (Wildman–Crippen LogP) is 0.882. The third kappa shape index (κ3) is 3.25.